The molecule has 31 heavy (non-hydrogen) atoms. The minimum absolute atomic E-state index is 0.169. The lowest BCUT2D eigenvalue weighted by Gasteiger charge is -2.28. The molecule has 0 aliphatic carbocycles. The largest absolute Gasteiger partial charge is 0.420 e. The van der Waals surface area contributed by atoms with Gasteiger partial charge in [0.25, 0.3) is 0 Å². The van der Waals surface area contributed by atoms with Gasteiger partial charge < -0.3 is 15.6 Å². The molecule has 0 aliphatic rings. The molecule has 3 atom stereocenters. The van der Waals surface area contributed by atoms with Crippen LogP contribution in [0.3, 0.4) is 0 Å². The summed E-state index contributed by atoms with van der Waals surface area (Å²) in [6.45, 7) is 11.2. The summed E-state index contributed by atoms with van der Waals surface area (Å²) >= 11 is 0. The van der Waals surface area contributed by atoms with E-state index in [1.807, 2.05) is 0 Å². The summed E-state index contributed by atoms with van der Waals surface area (Å²) in [5.74, 6) is 1.97. The van der Waals surface area contributed by atoms with Crippen LogP contribution in [0.15, 0.2) is 24.3 Å². The van der Waals surface area contributed by atoms with Gasteiger partial charge in [0.1, 0.15) is 0 Å². The Kier molecular flexibility index (Phi) is 12.2. The van der Waals surface area contributed by atoms with Gasteiger partial charge in [0.15, 0.2) is 0 Å². The third kappa shape index (κ3) is 10.2. The third-order valence-electron chi connectivity index (χ3n) is 6.19. The number of ether oxygens (including phenoxy) is 1. The number of aliphatic hydroxyl groups excluding tert-OH is 1. The van der Waals surface area contributed by atoms with E-state index in [1.54, 1.807) is 24.3 Å². The Morgan fingerprint density at radius 2 is 1.58 bits per heavy atom. The molecule has 4 N–H and O–H groups in total. The summed E-state index contributed by atoms with van der Waals surface area (Å²) in [6.07, 6.45) is 5.83. The van der Waals surface area contributed by atoms with Gasteiger partial charge in [-0.1, -0.05) is 85.3 Å². The van der Waals surface area contributed by atoms with Crippen molar-refractivity contribution in [3.8, 4) is 0 Å². The Morgan fingerprint density at radius 3 is 2.10 bits per heavy atom. The second kappa shape index (κ2) is 14.1. The molecular weight excluding hydrogens is 392 g/mol. The summed E-state index contributed by atoms with van der Waals surface area (Å²) in [6, 6.07) is 6.95. The monoisotopic (exact) mass is 434 g/mol. The maximum Gasteiger partial charge on any atom is 0.420 e. The van der Waals surface area contributed by atoms with Crippen molar-refractivity contribution in [1.29, 1.82) is 0 Å². The van der Waals surface area contributed by atoms with Crippen LogP contribution in [0.2, 0.25) is 0 Å². The van der Waals surface area contributed by atoms with E-state index in [9.17, 15) is 14.7 Å². The van der Waals surface area contributed by atoms with E-state index in [1.165, 1.54) is 32.1 Å². The Labute approximate surface area is 187 Å². The number of nitrogens with one attached hydrogen (secondary N) is 1. The van der Waals surface area contributed by atoms with Crippen molar-refractivity contribution in [3.05, 3.63) is 29.8 Å². The van der Waals surface area contributed by atoms with Gasteiger partial charge in [-0.3, -0.25) is 5.32 Å². The van der Waals surface area contributed by atoms with Gasteiger partial charge in [-0.05, 0) is 47.8 Å². The Bertz CT molecular complexity index is 658. The van der Waals surface area contributed by atoms with Crippen molar-refractivity contribution in [2.24, 2.45) is 29.4 Å². The number of hydrogen-bond acceptors (Lipinski definition) is 4. The highest BCUT2D eigenvalue weighted by molar-refractivity contribution is 5.91. The molecule has 1 aromatic rings. The normalized spacial score (nSPS) is 14.3. The molecule has 0 fully saturated rings. The molecule has 6 nitrogen and oxygen atoms in total. The highest BCUT2D eigenvalue weighted by Gasteiger charge is 2.24. The van der Waals surface area contributed by atoms with Gasteiger partial charge in [0.2, 0.25) is 0 Å². The number of hydrogen-bond donors (Lipinski definition) is 3. The van der Waals surface area contributed by atoms with E-state index in [2.05, 4.69) is 44.7 Å². The Morgan fingerprint density at radius 1 is 0.968 bits per heavy atom. The van der Waals surface area contributed by atoms with Crippen LogP contribution in [0, 0.1) is 23.7 Å². The van der Waals surface area contributed by atoms with Crippen molar-refractivity contribution in [2.45, 2.75) is 85.7 Å². The first-order valence-electron chi connectivity index (χ1n) is 11.7. The number of amides is 2. The van der Waals surface area contributed by atoms with Gasteiger partial charge in [-0.2, -0.15) is 0 Å². The summed E-state index contributed by atoms with van der Waals surface area (Å²) < 4.78 is 4.25. The first-order chi connectivity index (χ1) is 14.6. The number of carbonyl (C=O) groups excluding carboxylic acids is 2. The Balaban J connectivity index is 2.66. The average molecular weight is 435 g/mol. The minimum atomic E-state index is -1.16. The number of anilines is 1. The van der Waals surface area contributed by atoms with Crippen LogP contribution < -0.4 is 11.1 Å². The molecule has 0 spiro atoms. The van der Waals surface area contributed by atoms with Crippen molar-refractivity contribution in [3.63, 3.8) is 0 Å². The topological polar surface area (TPSA) is 102 Å². The van der Waals surface area contributed by atoms with E-state index < -0.39 is 18.3 Å². The summed E-state index contributed by atoms with van der Waals surface area (Å²) in [5, 5.41) is 13.4. The van der Waals surface area contributed by atoms with Gasteiger partial charge in [-0.15, -0.1) is 0 Å². The fourth-order valence-electron chi connectivity index (χ4n) is 4.18. The number of nitrogens with two attached hydrogens (primary N) is 1. The summed E-state index contributed by atoms with van der Waals surface area (Å²) in [5.41, 5.74) is 6.11. The van der Waals surface area contributed by atoms with E-state index in [0.29, 0.717) is 17.5 Å². The maximum atomic E-state index is 11.5. The summed E-state index contributed by atoms with van der Waals surface area (Å²) in [4.78, 5) is 22.1. The van der Waals surface area contributed by atoms with E-state index in [-0.39, 0.29) is 5.92 Å². The van der Waals surface area contributed by atoms with Crippen LogP contribution in [0.25, 0.3) is 0 Å². The third-order valence-corrected chi connectivity index (χ3v) is 6.19. The zero-order chi connectivity index (χ0) is 23.4. The second-order valence-corrected chi connectivity index (χ2v) is 9.24. The van der Waals surface area contributed by atoms with E-state index in [4.69, 9.17) is 5.73 Å². The highest BCUT2D eigenvalue weighted by Crippen LogP contribution is 2.34. The zero-order valence-corrected chi connectivity index (χ0v) is 19.9. The van der Waals surface area contributed by atoms with Crippen molar-refractivity contribution >= 4 is 17.9 Å². The molecule has 0 aliphatic heterocycles. The lowest BCUT2D eigenvalue weighted by Crippen LogP contribution is -2.22. The Hall–Kier alpha value is -2.08. The number of primary amides is 1. The van der Waals surface area contributed by atoms with Crippen molar-refractivity contribution in [2.75, 3.05) is 5.32 Å². The van der Waals surface area contributed by atoms with Crippen LogP contribution in [-0.4, -0.2) is 17.3 Å². The molecule has 3 unspecified atom stereocenters. The van der Waals surface area contributed by atoms with Crippen LogP contribution >= 0.6 is 0 Å². The smallest absolute Gasteiger partial charge is 0.388 e. The molecule has 0 radical (unpaired) electrons. The first-order valence-corrected chi connectivity index (χ1v) is 11.7. The first kappa shape index (κ1) is 27.0. The quantitative estimate of drug-likeness (QED) is 0.239. The molecular formula is C25H42N2O4. The molecule has 6 heteroatoms. The second-order valence-electron chi connectivity index (χ2n) is 9.24. The number of carbonyl (C=O) groups is 2. The predicted octanol–water partition coefficient (Wildman–Crippen LogP) is 6.64. The molecule has 0 aromatic heterocycles. The average Bonchev–Trinajstić information content (AvgIpc) is 2.68. The van der Waals surface area contributed by atoms with Crippen LogP contribution in [0.1, 0.15) is 91.2 Å². The maximum absolute atomic E-state index is 11.5. The molecule has 0 heterocycles. The lowest BCUT2D eigenvalue weighted by molar-refractivity contribution is 0.0724. The van der Waals surface area contributed by atoms with Gasteiger partial charge >= 0.3 is 12.2 Å². The van der Waals surface area contributed by atoms with Gasteiger partial charge in [0.05, 0.1) is 6.10 Å². The number of unbranched alkanes of at least 4 members (excludes halogenated alkanes) is 2. The number of benzene rings is 1. The van der Waals surface area contributed by atoms with E-state index in [0.717, 1.165) is 24.3 Å². The summed E-state index contributed by atoms with van der Waals surface area (Å²) in [7, 11) is 0. The molecule has 176 valence electrons. The molecule has 1 rings (SSSR count). The molecule has 0 saturated heterocycles. The van der Waals surface area contributed by atoms with Crippen molar-refractivity contribution < 1.29 is 19.4 Å². The minimum Gasteiger partial charge on any atom is -0.388 e. The molecule has 0 bridgehead atoms. The van der Waals surface area contributed by atoms with Crippen LogP contribution in [0.5, 0.6) is 0 Å². The molecule has 1 aromatic carbocycles. The van der Waals surface area contributed by atoms with E-state index >= 15 is 0 Å². The van der Waals surface area contributed by atoms with Gasteiger partial charge in [0, 0.05) is 5.69 Å². The number of rotatable bonds is 13. The van der Waals surface area contributed by atoms with Crippen LogP contribution in [0.4, 0.5) is 15.3 Å². The van der Waals surface area contributed by atoms with Crippen molar-refractivity contribution in [1.82, 2.24) is 0 Å². The molecule has 2 amide bonds. The molecule has 0 saturated carbocycles. The SMILES string of the molecule is CCCCCC(CCCC(C(C)C)C(O)c1ccc(NC(=O)OC(N)=O)cc1)C(C)C. The predicted molar refractivity (Wildman–Crippen MR) is 126 cm³/mol. The highest BCUT2D eigenvalue weighted by atomic mass is 16.6. The number of aliphatic hydroxyl groups is 1. The standard InChI is InChI=1S/C25H42N2O4/c1-6-7-8-10-19(17(2)3)11-9-12-22(18(4)5)23(28)20-13-15-21(16-14-20)27-25(30)31-24(26)29/h13-19,22-23,28H,6-12H2,1-5H3,(H2,26,29)(H,27,30). The van der Waals surface area contributed by atoms with Gasteiger partial charge in [-0.25, -0.2) is 9.59 Å². The zero-order valence-electron chi connectivity index (χ0n) is 19.9. The van der Waals surface area contributed by atoms with Crippen LogP contribution in [-0.2, 0) is 4.74 Å². The lowest BCUT2D eigenvalue weighted by atomic mass is 9.80. The fraction of sp³-hybridized carbons (Fsp3) is 0.680. The fourth-order valence-corrected chi connectivity index (χ4v) is 4.18.